The van der Waals surface area contributed by atoms with Gasteiger partial charge in [-0.15, -0.1) is 0 Å². The Bertz CT molecular complexity index is 702. The summed E-state index contributed by atoms with van der Waals surface area (Å²) in [5.41, 5.74) is 6.04. The standard InChI is InChI=1S/C13H14N2O3S/c14-13-8-11(18-15-13)10-6-1-2-7-12(10)19(16,17)9-4-3-5-9/h1-2,6-9H,3-5H2,(H2,14,15). The van der Waals surface area contributed by atoms with Crippen molar-refractivity contribution in [3.63, 3.8) is 0 Å². The van der Waals surface area contributed by atoms with Crippen molar-refractivity contribution in [2.75, 3.05) is 5.73 Å². The number of nitrogen functional groups attached to an aromatic ring is 1. The van der Waals surface area contributed by atoms with Crippen LogP contribution in [0.3, 0.4) is 0 Å². The van der Waals surface area contributed by atoms with Gasteiger partial charge in [-0.2, -0.15) is 0 Å². The summed E-state index contributed by atoms with van der Waals surface area (Å²) >= 11 is 0. The molecule has 3 rings (SSSR count). The molecule has 1 heterocycles. The number of anilines is 1. The van der Waals surface area contributed by atoms with Gasteiger partial charge in [0.1, 0.15) is 0 Å². The van der Waals surface area contributed by atoms with Gasteiger partial charge in [-0.05, 0) is 25.0 Å². The van der Waals surface area contributed by atoms with Gasteiger partial charge in [0.2, 0.25) is 0 Å². The predicted molar refractivity (Wildman–Crippen MR) is 71.2 cm³/mol. The molecule has 6 heteroatoms. The molecule has 0 aliphatic heterocycles. The van der Waals surface area contributed by atoms with E-state index in [2.05, 4.69) is 5.16 Å². The minimum Gasteiger partial charge on any atom is -0.381 e. The average Bonchev–Trinajstić information content (AvgIpc) is 2.73. The van der Waals surface area contributed by atoms with Gasteiger partial charge in [0, 0.05) is 11.6 Å². The van der Waals surface area contributed by atoms with E-state index in [-0.39, 0.29) is 11.1 Å². The normalized spacial score (nSPS) is 16.2. The van der Waals surface area contributed by atoms with E-state index in [4.69, 9.17) is 10.3 Å². The molecule has 2 aromatic rings. The zero-order valence-electron chi connectivity index (χ0n) is 10.2. The first-order chi connectivity index (χ1) is 9.09. The maximum atomic E-state index is 12.5. The minimum atomic E-state index is -3.30. The van der Waals surface area contributed by atoms with Crippen LogP contribution in [0.25, 0.3) is 11.3 Å². The number of rotatable bonds is 3. The summed E-state index contributed by atoms with van der Waals surface area (Å²) in [7, 11) is -3.30. The zero-order valence-corrected chi connectivity index (χ0v) is 11.1. The minimum absolute atomic E-state index is 0.242. The Labute approximate surface area is 111 Å². The summed E-state index contributed by atoms with van der Waals surface area (Å²) in [6, 6.07) is 8.35. The zero-order chi connectivity index (χ0) is 13.5. The first-order valence-electron chi connectivity index (χ1n) is 6.14. The van der Waals surface area contributed by atoms with Gasteiger partial charge >= 0.3 is 0 Å². The molecule has 5 nitrogen and oxygen atoms in total. The molecule has 19 heavy (non-hydrogen) atoms. The van der Waals surface area contributed by atoms with E-state index in [1.165, 1.54) is 6.07 Å². The van der Waals surface area contributed by atoms with E-state index in [1.807, 2.05) is 0 Å². The lowest BCUT2D eigenvalue weighted by Crippen LogP contribution is -2.28. The molecule has 0 amide bonds. The Hall–Kier alpha value is -1.82. The molecule has 0 radical (unpaired) electrons. The third-order valence-corrected chi connectivity index (χ3v) is 5.80. The lowest BCUT2D eigenvalue weighted by molar-refractivity contribution is 0.434. The molecule has 0 bridgehead atoms. The van der Waals surface area contributed by atoms with Crippen molar-refractivity contribution in [3.8, 4) is 11.3 Å². The van der Waals surface area contributed by atoms with Crippen LogP contribution in [0.2, 0.25) is 0 Å². The number of nitrogens with two attached hydrogens (primary N) is 1. The van der Waals surface area contributed by atoms with Gasteiger partial charge in [0.05, 0.1) is 10.1 Å². The highest BCUT2D eigenvalue weighted by molar-refractivity contribution is 7.92. The van der Waals surface area contributed by atoms with Crippen LogP contribution in [0.5, 0.6) is 0 Å². The van der Waals surface area contributed by atoms with Gasteiger partial charge in [-0.25, -0.2) is 8.42 Å². The Kier molecular flexibility index (Phi) is 2.82. The molecule has 0 atom stereocenters. The van der Waals surface area contributed by atoms with E-state index in [0.29, 0.717) is 16.2 Å². The van der Waals surface area contributed by atoms with Crippen molar-refractivity contribution in [2.24, 2.45) is 0 Å². The van der Waals surface area contributed by atoms with Gasteiger partial charge in [-0.3, -0.25) is 0 Å². The fraction of sp³-hybridized carbons (Fsp3) is 0.308. The maximum Gasteiger partial charge on any atom is 0.181 e. The molecule has 100 valence electrons. The van der Waals surface area contributed by atoms with Gasteiger partial charge in [0.25, 0.3) is 0 Å². The van der Waals surface area contributed by atoms with E-state index < -0.39 is 9.84 Å². The molecule has 1 aliphatic carbocycles. The van der Waals surface area contributed by atoms with E-state index >= 15 is 0 Å². The molecule has 0 saturated heterocycles. The van der Waals surface area contributed by atoms with Crippen LogP contribution < -0.4 is 5.73 Å². The van der Waals surface area contributed by atoms with Crippen molar-refractivity contribution in [1.29, 1.82) is 0 Å². The fourth-order valence-corrected chi connectivity index (χ4v) is 4.25. The van der Waals surface area contributed by atoms with E-state index in [0.717, 1.165) is 19.3 Å². The largest absolute Gasteiger partial charge is 0.381 e. The average molecular weight is 278 g/mol. The van der Waals surface area contributed by atoms with Crippen molar-refractivity contribution in [2.45, 2.75) is 29.4 Å². The number of benzene rings is 1. The van der Waals surface area contributed by atoms with Crippen molar-refractivity contribution in [1.82, 2.24) is 5.16 Å². The molecule has 0 unspecified atom stereocenters. The number of nitrogens with zero attached hydrogens (tertiary/aromatic N) is 1. The smallest absolute Gasteiger partial charge is 0.181 e. The van der Waals surface area contributed by atoms with Crippen molar-refractivity contribution in [3.05, 3.63) is 30.3 Å². The Morgan fingerprint density at radius 2 is 2.00 bits per heavy atom. The topological polar surface area (TPSA) is 86.2 Å². The lowest BCUT2D eigenvalue weighted by atomic mass is 10.00. The van der Waals surface area contributed by atoms with Gasteiger partial charge in [0.15, 0.2) is 21.4 Å². The van der Waals surface area contributed by atoms with Crippen LogP contribution in [0, 0.1) is 0 Å². The maximum absolute atomic E-state index is 12.5. The molecule has 1 saturated carbocycles. The molecular formula is C13H14N2O3S. The first-order valence-corrected chi connectivity index (χ1v) is 7.69. The lowest BCUT2D eigenvalue weighted by Gasteiger charge is -2.25. The number of hydrogen-bond acceptors (Lipinski definition) is 5. The Morgan fingerprint density at radius 3 is 2.58 bits per heavy atom. The molecule has 1 aromatic carbocycles. The second-order valence-electron chi connectivity index (χ2n) is 4.71. The van der Waals surface area contributed by atoms with Crippen molar-refractivity contribution >= 4 is 15.7 Å². The number of aromatic nitrogens is 1. The van der Waals surface area contributed by atoms with Crippen molar-refractivity contribution < 1.29 is 12.9 Å². The van der Waals surface area contributed by atoms with Crippen LogP contribution in [-0.2, 0) is 9.84 Å². The highest BCUT2D eigenvalue weighted by Crippen LogP contribution is 2.36. The van der Waals surface area contributed by atoms with Crippen LogP contribution >= 0.6 is 0 Å². The number of hydrogen-bond donors (Lipinski definition) is 1. The fourth-order valence-electron chi connectivity index (χ4n) is 2.19. The molecule has 1 aromatic heterocycles. The summed E-state index contributed by atoms with van der Waals surface area (Å²) in [6.07, 6.45) is 2.44. The molecule has 1 aliphatic rings. The predicted octanol–water partition coefficient (Wildman–Crippen LogP) is 2.25. The number of sulfone groups is 1. The van der Waals surface area contributed by atoms with Crippen LogP contribution in [-0.4, -0.2) is 18.8 Å². The third-order valence-electron chi connectivity index (χ3n) is 3.48. The summed E-state index contributed by atoms with van der Waals surface area (Å²) in [4.78, 5) is 0.302. The summed E-state index contributed by atoms with van der Waals surface area (Å²) < 4.78 is 30.1. The third kappa shape index (κ3) is 2.02. The summed E-state index contributed by atoms with van der Waals surface area (Å²) in [6.45, 7) is 0. The van der Waals surface area contributed by atoms with Crippen LogP contribution in [0.1, 0.15) is 19.3 Å². The molecule has 0 spiro atoms. The van der Waals surface area contributed by atoms with Gasteiger partial charge < -0.3 is 10.3 Å². The molecule has 1 fully saturated rings. The Morgan fingerprint density at radius 1 is 1.26 bits per heavy atom. The monoisotopic (exact) mass is 278 g/mol. The molecular weight excluding hydrogens is 264 g/mol. The van der Waals surface area contributed by atoms with Gasteiger partial charge in [-0.1, -0.05) is 23.7 Å². The van der Waals surface area contributed by atoms with Crippen LogP contribution in [0.15, 0.2) is 39.8 Å². The summed E-state index contributed by atoms with van der Waals surface area (Å²) in [5, 5.41) is 3.33. The SMILES string of the molecule is Nc1cc(-c2ccccc2S(=O)(=O)C2CCC2)on1. The molecule has 2 N–H and O–H groups in total. The quantitative estimate of drug-likeness (QED) is 0.930. The van der Waals surface area contributed by atoms with E-state index in [1.54, 1.807) is 24.3 Å². The second-order valence-corrected chi connectivity index (χ2v) is 6.91. The first kappa shape index (κ1) is 12.2. The van der Waals surface area contributed by atoms with Crippen LogP contribution in [0.4, 0.5) is 5.82 Å². The highest BCUT2D eigenvalue weighted by atomic mass is 32.2. The second kappa shape index (κ2) is 4.38. The van der Waals surface area contributed by atoms with E-state index in [9.17, 15) is 8.42 Å². The summed E-state index contributed by atoms with van der Waals surface area (Å²) in [5.74, 6) is 0.627. The Balaban J connectivity index is 2.12. The highest BCUT2D eigenvalue weighted by Gasteiger charge is 2.34.